The third kappa shape index (κ3) is 5.13. The van der Waals surface area contributed by atoms with Crippen LogP contribution in [0.4, 0.5) is 11.4 Å². The second-order valence-corrected chi connectivity index (χ2v) is 5.64. The Labute approximate surface area is 142 Å². The number of aromatic amines is 1. The molecule has 126 valence electrons. The molecule has 3 N–H and O–H groups in total. The normalized spacial score (nSPS) is 10.1. The van der Waals surface area contributed by atoms with Gasteiger partial charge in [-0.1, -0.05) is 11.8 Å². The standard InChI is InChI=1S/C15H16N4O4S/c1-9(20)17-10-3-4-12(23-2)11(7-10)18-14(22)8-24-15-16-6-5-13(21)19-15/h3-7H,8H2,1-2H3,(H,17,20)(H,18,22)(H,16,19,21). The fraction of sp³-hybridized carbons (Fsp3) is 0.200. The van der Waals surface area contributed by atoms with Gasteiger partial charge in [-0.2, -0.15) is 0 Å². The molecular weight excluding hydrogens is 332 g/mol. The maximum Gasteiger partial charge on any atom is 0.251 e. The van der Waals surface area contributed by atoms with Crippen molar-refractivity contribution in [2.24, 2.45) is 0 Å². The number of nitrogens with one attached hydrogen (secondary N) is 3. The van der Waals surface area contributed by atoms with Crippen molar-refractivity contribution in [2.45, 2.75) is 12.1 Å². The van der Waals surface area contributed by atoms with Gasteiger partial charge in [-0.15, -0.1) is 0 Å². The number of methoxy groups -OCH3 is 1. The lowest BCUT2D eigenvalue weighted by atomic mass is 10.2. The summed E-state index contributed by atoms with van der Waals surface area (Å²) in [6.07, 6.45) is 1.37. The highest BCUT2D eigenvalue weighted by atomic mass is 32.2. The predicted octanol–water partition coefficient (Wildman–Crippen LogP) is 1.47. The molecule has 8 nitrogen and oxygen atoms in total. The summed E-state index contributed by atoms with van der Waals surface area (Å²) in [6, 6.07) is 6.21. The summed E-state index contributed by atoms with van der Waals surface area (Å²) in [4.78, 5) is 40.8. The van der Waals surface area contributed by atoms with Gasteiger partial charge < -0.3 is 20.4 Å². The number of hydrogen-bond donors (Lipinski definition) is 3. The monoisotopic (exact) mass is 348 g/mol. The zero-order valence-electron chi connectivity index (χ0n) is 13.1. The second kappa shape index (κ2) is 8.16. The zero-order chi connectivity index (χ0) is 17.5. The van der Waals surface area contributed by atoms with Crippen LogP contribution in [0, 0.1) is 0 Å². The average Bonchev–Trinajstić information content (AvgIpc) is 2.53. The molecule has 0 aliphatic heterocycles. The molecule has 0 spiro atoms. The maximum atomic E-state index is 12.1. The fourth-order valence-corrected chi connectivity index (χ4v) is 2.48. The molecule has 1 aromatic carbocycles. The molecule has 0 unspecified atom stereocenters. The zero-order valence-corrected chi connectivity index (χ0v) is 13.9. The molecule has 0 radical (unpaired) electrons. The molecule has 2 amide bonds. The summed E-state index contributed by atoms with van der Waals surface area (Å²) < 4.78 is 5.19. The van der Waals surface area contributed by atoms with E-state index < -0.39 is 0 Å². The molecule has 0 saturated heterocycles. The van der Waals surface area contributed by atoms with Gasteiger partial charge in [0.15, 0.2) is 5.16 Å². The predicted molar refractivity (Wildman–Crippen MR) is 91.5 cm³/mol. The van der Waals surface area contributed by atoms with Crippen molar-refractivity contribution in [2.75, 3.05) is 23.5 Å². The van der Waals surface area contributed by atoms with E-state index >= 15 is 0 Å². The van der Waals surface area contributed by atoms with Crippen molar-refractivity contribution in [1.82, 2.24) is 9.97 Å². The lowest BCUT2D eigenvalue weighted by Gasteiger charge is -2.12. The Hall–Kier alpha value is -2.81. The number of anilines is 2. The van der Waals surface area contributed by atoms with Gasteiger partial charge in [0, 0.05) is 24.9 Å². The van der Waals surface area contributed by atoms with Crippen molar-refractivity contribution >= 4 is 35.0 Å². The third-order valence-corrected chi connectivity index (χ3v) is 3.67. The molecule has 0 saturated carbocycles. The number of carbonyl (C=O) groups excluding carboxylic acids is 2. The van der Waals surface area contributed by atoms with E-state index in [1.807, 2.05) is 0 Å². The molecule has 2 rings (SSSR count). The van der Waals surface area contributed by atoms with E-state index in [9.17, 15) is 14.4 Å². The minimum absolute atomic E-state index is 0.0560. The van der Waals surface area contributed by atoms with Crippen LogP contribution in [0.2, 0.25) is 0 Å². The molecule has 1 aromatic heterocycles. The minimum Gasteiger partial charge on any atom is -0.495 e. The average molecular weight is 348 g/mol. The lowest BCUT2D eigenvalue weighted by Crippen LogP contribution is -2.16. The van der Waals surface area contributed by atoms with E-state index in [0.29, 0.717) is 22.3 Å². The summed E-state index contributed by atoms with van der Waals surface area (Å²) in [5.41, 5.74) is 0.696. The third-order valence-electron chi connectivity index (χ3n) is 2.78. The Morgan fingerprint density at radius 2 is 2.08 bits per heavy atom. The number of aromatic nitrogens is 2. The molecule has 24 heavy (non-hydrogen) atoms. The molecular formula is C15H16N4O4S. The summed E-state index contributed by atoms with van der Waals surface area (Å²) in [5.74, 6) is 0.00563. The topological polar surface area (TPSA) is 113 Å². The minimum atomic E-state index is -0.301. The fourth-order valence-electron chi connectivity index (χ4n) is 1.83. The Morgan fingerprint density at radius 1 is 1.29 bits per heavy atom. The number of rotatable bonds is 6. The Morgan fingerprint density at radius 3 is 2.75 bits per heavy atom. The number of amides is 2. The van der Waals surface area contributed by atoms with Crippen LogP contribution in [0.3, 0.4) is 0 Å². The smallest absolute Gasteiger partial charge is 0.251 e. The first-order valence-electron chi connectivity index (χ1n) is 6.91. The quantitative estimate of drug-likeness (QED) is 0.538. The Kier molecular flexibility index (Phi) is 5.96. The van der Waals surface area contributed by atoms with Gasteiger partial charge in [-0.25, -0.2) is 4.98 Å². The van der Waals surface area contributed by atoms with E-state index in [-0.39, 0.29) is 23.1 Å². The lowest BCUT2D eigenvalue weighted by molar-refractivity contribution is -0.114. The van der Waals surface area contributed by atoms with Crippen LogP contribution < -0.4 is 20.9 Å². The number of ether oxygens (including phenoxy) is 1. The number of benzene rings is 1. The highest BCUT2D eigenvalue weighted by Gasteiger charge is 2.10. The first kappa shape index (κ1) is 17.5. The van der Waals surface area contributed by atoms with Crippen molar-refractivity contribution in [3.8, 4) is 5.75 Å². The van der Waals surface area contributed by atoms with E-state index in [0.717, 1.165) is 11.8 Å². The summed E-state index contributed by atoms with van der Waals surface area (Å²) in [5, 5.41) is 5.70. The molecule has 0 atom stereocenters. The van der Waals surface area contributed by atoms with Gasteiger partial charge in [0.1, 0.15) is 5.75 Å². The van der Waals surface area contributed by atoms with Crippen molar-refractivity contribution in [1.29, 1.82) is 0 Å². The number of thioether (sulfide) groups is 1. The van der Waals surface area contributed by atoms with Crippen LogP contribution >= 0.6 is 11.8 Å². The highest BCUT2D eigenvalue weighted by molar-refractivity contribution is 7.99. The van der Waals surface area contributed by atoms with Gasteiger partial charge in [0.2, 0.25) is 11.8 Å². The van der Waals surface area contributed by atoms with Crippen molar-refractivity contribution < 1.29 is 14.3 Å². The highest BCUT2D eigenvalue weighted by Crippen LogP contribution is 2.28. The van der Waals surface area contributed by atoms with Gasteiger partial charge in [0.05, 0.1) is 18.6 Å². The molecule has 0 aliphatic carbocycles. The van der Waals surface area contributed by atoms with Crippen LogP contribution in [0.1, 0.15) is 6.92 Å². The van der Waals surface area contributed by atoms with Gasteiger partial charge in [-0.05, 0) is 18.2 Å². The Balaban J connectivity index is 2.04. The number of carbonyl (C=O) groups is 2. The van der Waals surface area contributed by atoms with Gasteiger partial charge in [-0.3, -0.25) is 14.4 Å². The largest absolute Gasteiger partial charge is 0.495 e. The molecule has 2 aromatic rings. The van der Waals surface area contributed by atoms with E-state index in [1.54, 1.807) is 18.2 Å². The van der Waals surface area contributed by atoms with Crippen LogP contribution in [0.15, 0.2) is 40.4 Å². The SMILES string of the molecule is COc1ccc(NC(C)=O)cc1NC(=O)CSc1nccc(=O)[nH]1. The first-order chi connectivity index (χ1) is 11.5. The first-order valence-corrected chi connectivity index (χ1v) is 7.90. The van der Waals surface area contributed by atoms with Crippen LogP contribution in [0.25, 0.3) is 0 Å². The van der Waals surface area contributed by atoms with Crippen LogP contribution in [0.5, 0.6) is 5.75 Å². The van der Waals surface area contributed by atoms with E-state index in [2.05, 4.69) is 20.6 Å². The van der Waals surface area contributed by atoms with Crippen LogP contribution in [-0.4, -0.2) is 34.6 Å². The number of hydrogen-bond acceptors (Lipinski definition) is 6. The molecule has 0 bridgehead atoms. The second-order valence-electron chi connectivity index (χ2n) is 4.67. The van der Waals surface area contributed by atoms with E-state index in [4.69, 9.17) is 4.74 Å². The van der Waals surface area contributed by atoms with Crippen LogP contribution in [-0.2, 0) is 9.59 Å². The molecule has 0 aliphatic rings. The number of nitrogens with zero attached hydrogens (tertiary/aromatic N) is 1. The summed E-state index contributed by atoms with van der Waals surface area (Å²) in [7, 11) is 1.48. The molecule has 9 heteroatoms. The maximum absolute atomic E-state index is 12.1. The number of H-pyrrole nitrogens is 1. The van der Waals surface area contributed by atoms with Crippen molar-refractivity contribution in [3.05, 3.63) is 40.8 Å². The van der Waals surface area contributed by atoms with Gasteiger partial charge in [0.25, 0.3) is 5.56 Å². The summed E-state index contributed by atoms with van der Waals surface area (Å²) >= 11 is 1.10. The van der Waals surface area contributed by atoms with Crippen molar-refractivity contribution in [3.63, 3.8) is 0 Å². The summed E-state index contributed by atoms with van der Waals surface area (Å²) in [6.45, 7) is 1.40. The molecule has 1 heterocycles. The van der Waals surface area contributed by atoms with Gasteiger partial charge >= 0.3 is 0 Å². The Bertz CT molecular complexity index is 806. The van der Waals surface area contributed by atoms with E-state index in [1.165, 1.54) is 26.3 Å². The molecule has 0 fully saturated rings.